The average Bonchev–Trinajstić information content (AvgIpc) is 3.12. The molecule has 0 unspecified atom stereocenters. The highest BCUT2D eigenvalue weighted by atomic mass is 16.7. The molecular formula is C23H33NO3. The van der Waals surface area contributed by atoms with E-state index in [1.165, 1.54) is 25.7 Å². The van der Waals surface area contributed by atoms with Crippen LogP contribution in [0.3, 0.4) is 0 Å². The third kappa shape index (κ3) is 8.80. The van der Waals surface area contributed by atoms with Crippen molar-refractivity contribution in [3.05, 3.63) is 42.0 Å². The number of fused-ring (bicyclic) bond motifs is 1. The summed E-state index contributed by atoms with van der Waals surface area (Å²) in [6.07, 6.45) is 16.2. The van der Waals surface area contributed by atoms with Crippen LogP contribution in [0.4, 0.5) is 0 Å². The van der Waals surface area contributed by atoms with Crippen LogP contribution >= 0.6 is 0 Å². The van der Waals surface area contributed by atoms with Gasteiger partial charge in [-0.1, -0.05) is 57.4 Å². The molecule has 0 atom stereocenters. The van der Waals surface area contributed by atoms with Gasteiger partial charge in [0.2, 0.25) is 12.7 Å². The van der Waals surface area contributed by atoms with E-state index in [0.29, 0.717) is 12.7 Å². The highest BCUT2D eigenvalue weighted by molar-refractivity contribution is 5.87. The third-order valence-electron chi connectivity index (χ3n) is 4.40. The number of benzene rings is 1. The van der Waals surface area contributed by atoms with Gasteiger partial charge in [0.05, 0.1) is 0 Å². The van der Waals surface area contributed by atoms with E-state index in [0.717, 1.165) is 42.9 Å². The monoisotopic (exact) mass is 371 g/mol. The Labute approximate surface area is 163 Å². The Balaban J connectivity index is 1.45. The summed E-state index contributed by atoms with van der Waals surface area (Å²) < 4.78 is 10.7. The summed E-state index contributed by atoms with van der Waals surface area (Å²) in [4.78, 5) is 11.5. The molecule has 0 aromatic heterocycles. The predicted octanol–water partition coefficient (Wildman–Crippen LogP) is 5.49. The lowest BCUT2D eigenvalue weighted by Gasteiger charge is -2.04. The molecule has 1 amide bonds. The lowest BCUT2D eigenvalue weighted by molar-refractivity contribution is -0.116. The minimum atomic E-state index is 0.0259. The van der Waals surface area contributed by atoms with Crippen molar-refractivity contribution >= 4 is 12.0 Å². The molecule has 1 heterocycles. The normalized spacial score (nSPS) is 13.1. The third-order valence-corrected chi connectivity index (χ3v) is 4.40. The zero-order valence-corrected chi connectivity index (χ0v) is 16.7. The molecule has 4 nitrogen and oxygen atoms in total. The van der Waals surface area contributed by atoms with Crippen LogP contribution in [0.25, 0.3) is 6.08 Å². The fourth-order valence-corrected chi connectivity index (χ4v) is 2.84. The minimum Gasteiger partial charge on any atom is -0.454 e. The fraction of sp³-hybridized carbons (Fsp3) is 0.522. The summed E-state index contributed by atoms with van der Waals surface area (Å²) >= 11 is 0. The summed E-state index contributed by atoms with van der Waals surface area (Å²) in [5.41, 5.74) is 1.16. The van der Waals surface area contributed by atoms with Crippen LogP contribution < -0.4 is 14.8 Å². The largest absolute Gasteiger partial charge is 0.454 e. The first kappa shape index (κ1) is 21.1. The van der Waals surface area contributed by atoms with Crippen molar-refractivity contribution in [3.63, 3.8) is 0 Å². The molecule has 1 aromatic carbocycles. The second-order valence-electron chi connectivity index (χ2n) is 7.40. The van der Waals surface area contributed by atoms with E-state index in [2.05, 4.69) is 37.4 Å². The van der Waals surface area contributed by atoms with Gasteiger partial charge in [-0.3, -0.25) is 4.79 Å². The summed E-state index contributed by atoms with van der Waals surface area (Å²) in [5.74, 6) is 2.19. The van der Waals surface area contributed by atoms with Gasteiger partial charge >= 0.3 is 0 Å². The van der Waals surface area contributed by atoms with Gasteiger partial charge in [-0.25, -0.2) is 0 Å². The maximum Gasteiger partial charge on any atom is 0.243 e. The van der Waals surface area contributed by atoms with Crippen molar-refractivity contribution in [1.82, 2.24) is 5.32 Å². The van der Waals surface area contributed by atoms with E-state index in [1.807, 2.05) is 18.2 Å². The van der Waals surface area contributed by atoms with Crippen LogP contribution in [0.1, 0.15) is 64.4 Å². The van der Waals surface area contributed by atoms with Gasteiger partial charge < -0.3 is 14.8 Å². The molecule has 0 spiro atoms. The Morgan fingerprint density at radius 3 is 2.52 bits per heavy atom. The van der Waals surface area contributed by atoms with Gasteiger partial charge in [0.25, 0.3) is 0 Å². The standard InChI is InChI=1S/C23H33NO3/c1-19(2)17-24-23(25)13-11-9-7-5-3-4-6-8-10-12-20-14-15-21-22(16-20)27-18-26-21/h10-16,19H,3-9,17-18H2,1-2H3,(H,24,25)/b12-10+,13-11+. The molecule has 0 aliphatic carbocycles. The summed E-state index contributed by atoms with van der Waals surface area (Å²) in [5, 5.41) is 2.89. The van der Waals surface area contributed by atoms with Crippen molar-refractivity contribution in [2.45, 2.75) is 58.8 Å². The maximum absolute atomic E-state index is 11.5. The zero-order chi connectivity index (χ0) is 19.3. The lowest BCUT2D eigenvalue weighted by atomic mass is 10.1. The smallest absolute Gasteiger partial charge is 0.243 e. The molecule has 0 bridgehead atoms. The Bertz CT molecular complexity index is 635. The van der Waals surface area contributed by atoms with Crippen molar-refractivity contribution in [2.75, 3.05) is 13.3 Å². The van der Waals surface area contributed by atoms with E-state index in [4.69, 9.17) is 9.47 Å². The van der Waals surface area contributed by atoms with Crippen molar-refractivity contribution in [1.29, 1.82) is 0 Å². The SMILES string of the molecule is CC(C)CNC(=O)/C=C/CCCCCCC/C=C/c1ccc2c(c1)OCO2. The van der Waals surface area contributed by atoms with Crippen molar-refractivity contribution in [3.8, 4) is 11.5 Å². The van der Waals surface area contributed by atoms with E-state index in [-0.39, 0.29) is 5.91 Å². The first-order chi connectivity index (χ1) is 13.1. The number of rotatable bonds is 12. The molecule has 27 heavy (non-hydrogen) atoms. The maximum atomic E-state index is 11.5. The molecule has 0 saturated carbocycles. The van der Waals surface area contributed by atoms with Gasteiger partial charge in [-0.2, -0.15) is 0 Å². The lowest BCUT2D eigenvalue weighted by Crippen LogP contribution is -2.25. The van der Waals surface area contributed by atoms with Gasteiger partial charge in [0.1, 0.15) is 0 Å². The first-order valence-corrected chi connectivity index (χ1v) is 10.2. The van der Waals surface area contributed by atoms with Crippen LogP contribution in [0, 0.1) is 5.92 Å². The molecule has 2 rings (SSSR count). The summed E-state index contributed by atoms with van der Waals surface area (Å²) in [6, 6.07) is 6.04. The topological polar surface area (TPSA) is 47.6 Å². The van der Waals surface area contributed by atoms with Gasteiger partial charge in [-0.15, -0.1) is 0 Å². The number of carbonyl (C=O) groups excluding carboxylic acids is 1. The molecular weight excluding hydrogens is 338 g/mol. The number of hydrogen-bond acceptors (Lipinski definition) is 3. The number of unbranched alkanes of at least 4 members (excludes halogenated alkanes) is 6. The number of carbonyl (C=O) groups is 1. The van der Waals surface area contributed by atoms with E-state index in [9.17, 15) is 4.79 Å². The quantitative estimate of drug-likeness (QED) is 0.390. The molecule has 4 heteroatoms. The Kier molecular flexibility index (Phi) is 9.53. The molecule has 1 aliphatic heterocycles. The van der Waals surface area contributed by atoms with E-state index >= 15 is 0 Å². The molecule has 148 valence electrons. The number of amides is 1. The average molecular weight is 372 g/mol. The minimum absolute atomic E-state index is 0.0259. The van der Waals surface area contributed by atoms with Gasteiger partial charge in [0, 0.05) is 6.54 Å². The molecule has 0 fully saturated rings. The van der Waals surface area contributed by atoms with Crippen molar-refractivity contribution in [2.24, 2.45) is 5.92 Å². The molecule has 0 radical (unpaired) electrons. The second kappa shape index (κ2) is 12.2. The van der Waals surface area contributed by atoms with Crippen LogP contribution in [0.15, 0.2) is 36.4 Å². The molecule has 1 N–H and O–H groups in total. The number of ether oxygens (including phenoxy) is 2. The molecule has 1 aromatic rings. The second-order valence-corrected chi connectivity index (χ2v) is 7.40. The highest BCUT2D eigenvalue weighted by Crippen LogP contribution is 2.32. The van der Waals surface area contributed by atoms with Crippen LogP contribution in [-0.4, -0.2) is 19.2 Å². The highest BCUT2D eigenvalue weighted by Gasteiger charge is 2.11. The summed E-state index contributed by atoms with van der Waals surface area (Å²) in [7, 11) is 0. The summed E-state index contributed by atoms with van der Waals surface area (Å²) in [6.45, 7) is 5.25. The van der Waals surface area contributed by atoms with Gasteiger partial charge in [0.15, 0.2) is 11.5 Å². The molecule has 1 aliphatic rings. The Hall–Kier alpha value is -2.23. The zero-order valence-electron chi connectivity index (χ0n) is 16.7. The number of nitrogens with one attached hydrogen (secondary N) is 1. The predicted molar refractivity (Wildman–Crippen MR) is 111 cm³/mol. The number of hydrogen-bond donors (Lipinski definition) is 1. The van der Waals surface area contributed by atoms with E-state index < -0.39 is 0 Å². The fourth-order valence-electron chi connectivity index (χ4n) is 2.84. The number of allylic oxidation sites excluding steroid dienone is 2. The molecule has 0 saturated heterocycles. The first-order valence-electron chi connectivity index (χ1n) is 10.2. The van der Waals surface area contributed by atoms with Crippen LogP contribution in [-0.2, 0) is 4.79 Å². The van der Waals surface area contributed by atoms with Gasteiger partial charge in [-0.05, 0) is 55.4 Å². The van der Waals surface area contributed by atoms with Crippen LogP contribution in [0.2, 0.25) is 0 Å². The van der Waals surface area contributed by atoms with Crippen LogP contribution in [0.5, 0.6) is 11.5 Å². The Morgan fingerprint density at radius 2 is 1.74 bits per heavy atom. The van der Waals surface area contributed by atoms with E-state index in [1.54, 1.807) is 6.08 Å². The Morgan fingerprint density at radius 1 is 1.04 bits per heavy atom. The van der Waals surface area contributed by atoms with Crippen molar-refractivity contribution < 1.29 is 14.3 Å².